The Morgan fingerprint density at radius 1 is 0.857 bits per heavy atom. The summed E-state index contributed by atoms with van der Waals surface area (Å²) in [5.74, 6) is 2.97. The first-order valence-electron chi connectivity index (χ1n) is 15.6. The highest BCUT2D eigenvalue weighted by Gasteiger charge is 2.56. The third-order valence-electron chi connectivity index (χ3n) is 8.29. The zero-order chi connectivity index (χ0) is 28.8. The van der Waals surface area contributed by atoms with Gasteiger partial charge in [-0.2, -0.15) is 0 Å². The smallest absolute Gasteiger partial charge is 0.232 e. The summed E-state index contributed by atoms with van der Waals surface area (Å²) >= 11 is 1.64. The number of hydrogen-bond donors (Lipinski definition) is 0. The molecule has 0 N–H and O–H groups in total. The highest BCUT2D eigenvalue weighted by molar-refractivity contribution is 7.12. The van der Waals surface area contributed by atoms with Gasteiger partial charge in [0.05, 0.1) is 29.7 Å². The number of aliphatic imine (C=N–C) groups is 1. The van der Waals surface area contributed by atoms with Crippen molar-refractivity contribution in [1.82, 2.24) is 0 Å². The maximum Gasteiger partial charge on any atom is 0.232 e. The zero-order valence-corrected chi connectivity index (χ0v) is 25.5. The van der Waals surface area contributed by atoms with Crippen LogP contribution in [0.1, 0.15) is 81.2 Å². The molecule has 3 heterocycles. The molecular formula is C36H41NO4S. The van der Waals surface area contributed by atoms with Crippen molar-refractivity contribution in [3.8, 4) is 11.5 Å². The second kappa shape index (κ2) is 13.2. The number of fused-ring (bicyclic) bond motifs is 6. The van der Waals surface area contributed by atoms with Crippen molar-refractivity contribution in [3.63, 3.8) is 0 Å². The molecule has 6 rings (SSSR count). The molecular weight excluding hydrogens is 542 g/mol. The Hall–Kier alpha value is -3.51. The summed E-state index contributed by atoms with van der Waals surface area (Å²) < 4.78 is 26.3. The third-order valence-corrected chi connectivity index (χ3v) is 9.14. The maximum atomic E-state index is 7.13. The number of hydrogen-bond acceptors (Lipinski definition) is 6. The van der Waals surface area contributed by atoms with Crippen LogP contribution < -0.4 is 9.47 Å². The predicted molar refractivity (Wildman–Crippen MR) is 170 cm³/mol. The standard InChI is InChI=1S/C36H41NO4S/c1-3-5-7-11-21-38-26-17-19-29-32(24-26)40-33-25-27(39-22-12-8-6-4-2)18-20-30(33)36(29)28-14-9-10-15-31(28)37-35(41-36)34-16-13-23-42-34/h9-10,13-20,23-25,29,32H,3-8,11-12,21-22H2,1-2H3. The van der Waals surface area contributed by atoms with Gasteiger partial charge in [0.1, 0.15) is 23.4 Å². The largest absolute Gasteiger partial charge is 0.494 e. The van der Waals surface area contributed by atoms with Crippen molar-refractivity contribution >= 4 is 22.9 Å². The molecule has 42 heavy (non-hydrogen) atoms. The van der Waals surface area contributed by atoms with Crippen LogP contribution in [0.25, 0.3) is 0 Å². The van der Waals surface area contributed by atoms with E-state index in [4.69, 9.17) is 23.9 Å². The normalized spacial score (nSPS) is 21.8. The first-order chi connectivity index (χ1) is 20.7. The number of rotatable bonds is 13. The fraction of sp³-hybridized carbons (Fsp3) is 0.417. The van der Waals surface area contributed by atoms with Gasteiger partial charge in [0.2, 0.25) is 5.90 Å². The minimum atomic E-state index is -0.824. The van der Waals surface area contributed by atoms with Crippen LogP contribution in [0.2, 0.25) is 0 Å². The molecule has 3 aliphatic rings. The van der Waals surface area contributed by atoms with Gasteiger partial charge in [-0.3, -0.25) is 0 Å². The summed E-state index contributed by atoms with van der Waals surface area (Å²) in [4.78, 5) is 5.99. The molecule has 1 spiro atoms. The molecule has 5 nitrogen and oxygen atoms in total. The molecule has 1 aromatic heterocycles. The van der Waals surface area contributed by atoms with Crippen LogP contribution in [0.3, 0.4) is 0 Å². The molecule has 3 aromatic rings. The lowest BCUT2D eigenvalue weighted by atomic mass is 9.69. The van der Waals surface area contributed by atoms with Gasteiger partial charge < -0.3 is 18.9 Å². The highest BCUT2D eigenvalue weighted by atomic mass is 32.1. The molecule has 0 bridgehead atoms. The van der Waals surface area contributed by atoms with Crippen molar-refractivity contribution in [2.24, 2.45) is 10.9 Å². The van der Waals surface area contributed by atoms with Crippen molar-refractivity contribution in [1.29, 1.82) is 0 Å². The quantitative estimate of drug-likeness (QED) is 0.188. The topological polar surface area (TPSA) is 49.3 Å². The van der Waals surface area contributed by atoms with Gasteiger partial charge in [0, 0.05) is 17.2 Å². The number of unbranched alkanes of at least 4 members (excludes halogenated alkanes) is 6. The van der Waals surface area contributed by atoms with Crippen LogP contribution in [0.15, 0.2) is 89.0 Å². The molecule has 0 radical (unpaired) electrons. The van der Waals surface area contributed by atoms with E-state index in [9.17, 15) is 0 Å². The summed E-state index contributed by atoms with van der Waals surface area (Å²) in [6.07, 6.45) is 15.5. The van der Waals surface area contributed by atoms with Crippen LogP contribution in [-0.2, 0) is 15.1 Å². The van der Waals surface area contributed by atoms with E-state index in [1.54, 1.807) is 11.3 Å². The Kier molecular flexibility index (Phi) is 8.99. The Morgan fingerprint density at radius 2 is 1.67 bits per heavy atom. The van der Waals surface area contributed by atoms with E-state index in [0.29, 0.717) is 19.1 Å². The lowest BCUT2D eigenvalue weighted by Gasteiger charge is -2.49. The van der Waals surface area contributed by atoms with Gasteiger partial charge >= 0.3 is 0 Å². The Balaban J connectivity index is 1.38. The molecule has 0 saturated carbocycles. The summed E-state index contributed by atoms with van der Waals surface area (Å²) in [5.41, 5.74) is 2.13. The second-order valence-electron chi connectivity index (χ2n) is 11.3. The monoisotopic (exact) mass is 583 g/mol. The van der Waals surface area contributed by atoms with Crippen molar-refractivity contribution in [3.05, 3.63) is 100.0 Å². The number of ether oxygens (including phenoxy) is 4. The predicted octanol–water partition coefficient (Wildman–Crippen LogP) is 9.49. The van der Waals surface area contributed by atoms with Crippen molar-refractivity contribution < 1.29 is 18.9 Å². The number of thiophene rings is 1. The summed E-state index contributed by atoms with van der Waals surface area (Å²) in [7, 11) is 0. The molecule has 0 fully saturated rings. The molecule has 0 amide bonds. The molecule has 3 unspecified atom stereocenters. The maximum absolute atomic E-state index is 7.13. The van der Waals surface area contributed by atoms with Gasteiger partial charge in [-0.25, -0.2) is 4.99 Å². The number of para-hydroxylation sites is 1. The van der Waals surface area contributed by atoms with Crippen LogP contribution in [0, 0.1) is 5.92 Å². The zero-order valence-electron chi connectivity index (χ0n) is 24.7. The first-order valence-corrected chi connectivity index (χ1v) is 16.5. The first kappa shape index (κ1) is 28.6. The molecule has 1 aliphatic carbocycles. The van der Waals surface area contributed by atoms with Crippen LogP contribution >= 0.6 is 11.3 Å². The fourth-order valence-corrected chi connectivity index (χ4v) is 6.79. The van der Waals surface area contributed by atoms with Gasteiger partial charge in [0.25, 0.3) is 0 Å². The van der Waals surface area contributed by atoms with E-state index >= 15 is 0 Å². The highest BCUT2D eigenvalue weighted by Crippen LogP contribution is 2.56. The average Bonchev–Trinajstić information content (AvgIpc) is 3.56. The van der Waals surface area contributed by atoms with E-state index in [0.717, 1.165) is 51.8 Å². The fourth-order valence-electron chi connectivity index (χ4n) is 6.14. The summed E-state index contributed by atoms with van der Waals surface area (Å²) in [6.45, 7) is 5.86. The summed E-state index contributed by atoms with van der Waals surface area (Å²) in [6, 6.07) is 18.7. The van der Waals surface area contributed by atoms with E-state index in [1.165, 1.54) is 38.5 Å². The molecule has 2 aliphatic heterocycles. The Bertz CT molecular complexity index is 1440. The molecule has 6 heteroatoms. The number of nitrogens with zero attached hydrogens (tertiary/aromatic N) is 1. The van der Waals surface area contributed by atoms with Crippen LogP contribution in [-0.4, -0.2) is 25.2 Å². The SMILES string of the molecule is CCCCCCOC1=CC2Oc3cc(OCCCCCC)ccc3C3(OC(c4cccs4)=Nc4ccccc43)C2C=C1. The molecule has 220 valence electrons. The Labute approximate surface area is 253 Å². The Morgan fingerprint density at radius 3 is 2.45 bits per heavy atom. The van der Waals surface area contributed by atoms with Crippen LogP contribution in [0.5, 0.6) is 11.5 Å². The molecule has 0 saturated heterocycles. The molecule has 3 atom stereocenters. The van der Waals surface area contributed by atoms with Gasteiger partial charge in [0.15, 0.2) is 5.60 Å². The van der Waals surface area contributed by atoms with Crippen molar-refractivity contribution in [2.45, 2.75) is 76.9 Å². The van der Waals surface area contributed by atoms with E-state index in [1.807, 2.05) is 18.2 Å². The van der Waals surface area contributed by atoms with Gasteiger partial charge in [-0.05, 0) is 54.6 Å². The van der Waals surface area contributed by atoms with Crippen molar-refractivity contribution in [2.75, 3.05) is 13.2 Å². The number of allylic oxidation sites excluding steroid dienone is 1. The van der Waals surface area contributed by atoms with E-state index < -0.39 is 5.60 Å². The lowest BCUT2D eigenvalue weighted by molar-refractivity contribution is -0.0179. The van der Waals surface area contributed by atoms with Gasteiger partial charge in [-0.15, -0.1) is 11.3 Å². The van der Waals surface area contributed by atoms with Gasteiger partial charge in [-0.1, -0.05) is 82.7 Å². The van der Waals surface area contributed by atoms with E-state index in [-0.39, 0.29) is 12.0 Å². The minimum Gasteiger partial charge on any atom is -0.494 e. The minimum absolute atomic E-state index is 0.120. The van der Waals surface area contributed by atoms with Crippen LogP contribution in [0.4, 0.5) is 5.69 Å². The van der Waals surface area contributed by atoms with E-state index in [2.05, 4.69) is 73.9 Å². The average molecular weight is 584 g/mol. The summed E-state index contributed by atoms with van der Waals surface area (Å²) in [5, 5.41) is 2.06. The second-order valence-corrected chi connectivity index (χ2v) is 12.2. The third kappa shape index (κ3) is 5.74. The molecule has 2 aromatic carbocycles. The lowest BCUT2D eigenvalue weighted by Crippen LogP contribution is -2.51. The number of benzene rings is 2.